The molecule has 39 heavy (non-hydrogen) atoms. The molecule has 0 saturated carbocycles. The summed E-state index contributed by atoms with van der Waals surface area (Å²) in [6.45, 7) is 3.37. The highest BCUT2D eigenvalue weighted by atomic mass is 19.4. The van der Waals surface area contributed by atoms with Gasteiger partial charge in [-0.1, -0.05) is 36.4 Å². The van der Waals surface area contributed by atoms with Crippen molar-refractivity contribution in [3.63, 3.8) is 0 Å². The maximum Gasteiger partial charge on any atom is 0.573 e. The van der Waals surface area contributed by atoms with Crippen molar-refractivity contribution in [2.75, 3.05) is 29.9 Å². The summed E-state index contributed by atoms with van der Waals surface area (Å²) in [5.74, 6) is 0.358. The minimum Gasteiger partial charge on any atom is -0.406 e. The maximum absolute atomic E-state index is 12.9. The second kappa shape index (κ2) is 10.5. The average molecular weight is 533 g/mol. The van der Waals surface area contributed by atoms with Crippen molar-refractivity contribution in [3.05, 3.63) is 78.4 Å². The lowest BCUT2D eigenvalue weighted by Crippen LogP contribution is -2.55. The van der Waals surface area contributed by atoms with Crippen molar-refractivity contribution in [1.82, 2.24) is 15.1 Å². The summed E-state index contributed by atoms with van der Waals surface area (Å²) in [6.07, 6.45) is -4.78. The van der Waals surface area contributed by atoms with E-state index < -0.39 is 6.36 Å². The van der Waals surface area contributed by atoms with Crippen molar-refractivity contribution in [3.8, 4) is 23.1 Å². The van der Waals surface area contributed by atoms with Crippen LogP contribution in [-0.4, -0.2) is 53.2 Å². The van der Waals surface area contributed by atoms with Crippen molar-refractivity contribution >= 4 is 28.3 Å². The number of hydrogen-bond acceptors (Lipinski definition) is 6. The van der Waals surface area contributed by atoms with Gasteiger partial charge in [0.1, 0.15) is 11.4 Å². The second-order valence-corrected chi connectivity index (χ2v) is 9.10. The molecule has 11 heteroatoms. The number of anilines is 2. The van der Waals surface area contributed by atoms with E-state index >= 15 is 0 Å². The molecule has 2 amide bonds. The number of aromatic nitrogens is 2. The van der Waals surface area contributed by atoms with Crippen LogP contribution in [0.3, 0.4) is 0 Å². The monoisotopic (exact) mass is 532 g/mol. The number of carbonyl (C=O) groups excluding carboxylic acids is 1. The van der Waals surface area contributed by atoms with Gasteiger partial charge in [-0.15, -0.1) is 23.4 Å². The molecule has 1 N–H and O–H groups in total. The van der Waals surface area contributed by atoms with Crippen molar-refractivity contribution in [2.24, 2.45) is 0 Å². The minimum atomic E-state index is -4.78. The van der Waals surface area contributed by atoms with Crippen LogP contribution in [0.2, 0.25) is 0 Å². The molecule has 0 radical (unpaired) electrons. The van der Waals surface area contributed by atoms with E-state index in [2.05, 4.69) is 31.2 Å². The van der Waals surface area contributed by atoms with Gasteiger partial charge in [0.2, 0.25) is 0 Å². The largest absolute Gasteiger partial charge is 0.573 e. The molecule has 2 heterocycles. The van der Waals surface area contributed by atoms with Gasteiger partial charge in [0.05, 0.1) is 11.6 Å². The summed E-state index contributed by atoms with van der Waals surface area (Å²) in [5, 5.41) is 22.8. The van der Waals surface area contributed by atoms with E-state index in [0.717, 1.165) is 40.0 Å². The zero-order chi connectivity index (χ0) is 27.6. The number of amides is 2. The molecule has 0 unspecified atom stereocenters. The lowest BCUT2D eigenvalue weighted by molar-refractivity contribution is -0.274. The number of carbonyl (C=O) groups is 1. The molecule has 3 aromatic carbocycles. The molecular weight excluding hydrogens is 509 g/mol. The molecule has 1 atom stereocenters. The normalized spacial score (nSPS) is 15.6. The van der Waals surface area contributed by atoms with E-state index in [1.807, 2.05) is 43.3 Å². The van der Waals surface area contributed by atoms with E-state index in [0.29, 0.717) is 30.9 Å². The SMILES string of the molecule is C[C@H]1CN(c2nnc(-c3ccc(C#N)cc3)c3ccccc23)CCN1C(=O)Nc1ccc(OC(F)(F)F)cc1. The summed E-state index contributed by atoms with van der Waals surface area (Å²) in [4.78, 5) is 16.7. The van der Waals surface area contributed by atoms with Crippen LogP contribution < -0.4 is 15.0 Å². The number of alkyl halides is 3. The van der Waals surface area contributed by atoms with Crippen LogP contribution in [0.4, 0.5) is 29.5 Å². The molecule has 0 bridgehead atoms. The van der Waals surface area contributed by atoms with E-state index in [4.69, 9.17) is 5.26 Å². The highest BCUT2D eigenvalue weighted by molar-refractivity contribution is 6.00. The number of hydrogen-bond donors (Lipinski definition) is 1. The molecule has 1 saturated heterocycles. The van der Waals surface area contributed by atoms with E-state index in [1.165, 1.54) is 12.1 Å². The fraction of sp³-hybridized carbons (Fsp3) is 0.214. The van der Waals surface area contributed by atoms with Crippen molar-refractivity contribution in [1.29, 1.82) is 5.26 Å². The Bertz CT molecular complexity index is 1530. The fourth-order valence-corrected chi connectivity index (χ4v) is 4.63. The lowest BCUT2D eigenvalue weighted by atomic mass is 10.0. The molecular formula is C28H23F3N6O2. The first-order valence-corrected chi connectivity index (χ1v) is 12.2. The van der Waals surface area contributed by atoms with Gasteiger partial charge in [-0.2, -0.15) is 5.26 Å². The average Bonchev–Trinajstić information content (AvgIpc) is 2.92. The first-order valence-electron chi connectivity index (χ1n) is 12.2. The molecule has 0 aliphatic carbocycles. The minimum absolute atomic E-state index is 0.176. The maximum atomic E-state index is 12.9. The number of nitrogens with one attached hydrogen (secondary N) is 1. The zero-order valence-electron chi connectivity index (χ0n) is 20.8. The lowest BCUT2D eigenvalue weighted by Gasteiger charge is -2.40. The number of rotatable bonds is 4. The number of ether oxygens (including phenoxy) is 1. The number of halogens is 3. The number of fused-ring (bicyclic) bond motifs is 1. The van der Waals surface area contributed by atoms with Gasteiger partial charge >= 0.3 is 12.4 Å². The molecule has 198 valence electrons. The van der Waals surface area contributed by atoms with Gasteiger partial charge in [-0.3, -0.25) is 0 Å². The number of nitriles is 1. The zero-order valence-corrected chi connectivity index (χ0v) is 20.8. The molecule has 1 aliphatic heterocycles. The van der Waals surface area contributed by atoms with Crippen molar-refractivity contribution < 1.29 is 22.7 Å². The Morgan fingerprint density at radius 1 is 1.00 bits per heavy atom. The van der Waals surface area contributed by atoms with Crippen LogP contribution >= 0.6 is 0 Å². The van der Waals surface area contributed by atoms with Crippen LogP contribution in [-0.2, 0) is 0 Å². The van der Waals surface area contributed by atoms with Gasteiger partial charge in [-0.25, -0.2) is 4.79 Å². The van der Waals surface area contributed by atoms with E-state index in [9.17, 15) is 18.0 Å². The molecule has 5 rings (SSSR count). The Labute approximate surface area is 222 Å². The number of benzene rings is 3. The standard InChI is InChI=1S/C28H23F3N6O2/c1-18-17-36(14-15-37(18)27(38)33-21-10-12-22(13-11-21)39-28(29,30)31)26-24-5-3-2-4-23(24)25(34-35-26)20-8-6-19(16-32)7-9-20/h2-13,18H,14-15,17H2,1H3,(H,33,38)/t18-/m0/s1. The van der Waals surface area contributed by atoms with Crippen LogP contribution in [0.25, 0.3) is 22.0 Å². The van der Waals surface area contributed by atoms with Gasteiger partial charge in [0, 0.05) is 47.7 Å². The number of nitrogens with zero attached hydrogens (tertiary/aromatic N) is 5. The third-order valence-corrected chi connectivity index (χ3v) is 6.48. The first kappa shape index (κ1) is 25.8. The van der Waals surface area contributed by atoms with Crippen LogP contribution in [0.15, 0.2) is 72.8 Å². The van der Waals surface area contributed by atoms with Gasteiger partial charge < -0.3 is 19.9 Å². The van der Waals surface area contributed by atoms with Gasteiger partial charge in [0.25, 0.3) is 0 Å². The quantitative estimate of drug-likeness (QED) is 0.357. The van der Waals surface area contributed by atoms with Crippen LogP contribution in [0.1, 0.15) is 12.5 Å². The Kier molecular flexibility index (Phi) is 6.94. The van der Waals surface area contributed by atoms with E-state index in [1.54, 1.807) is 17.0 Å². The molecule has 1 aromatic heterocycles. The third kappa shape index (κ3) is 5.70. The van der Waals surface area contributed by atoms with Crippen LogP contribution in [0, 0.1) is 11.3 Å². The Morgan fingerprint density at radius 2 is 1.69 bits per heavy atom. The van der Waals surface area contributed by atoms with Gasteiger partial charge in [0.15, 0.2) is 5.82 Å². The molecule has 1 fully saturated rings. The smallest absolute Gasteiger partial charge is 0.406 e. The Hall–Kier alpha value is -4.85. The summed E-state index contributed by atoms with van der Waals surface area (Å²) < 4.78 is 41.0. The predicted octanol–water partition coefficient (Wildman–Crippen LogP) is 5.81. The molecule has 0 spiro atoms. The van der Waals surface area contributed by atoms with Crippen molar-refractivity contribution in [2.45, 2.75) is 19.3 Å². The summed E-state index contributed by atoms with van der Waals surface area (Å²) in [7, 11) is 0. The Balaban J connectivity index is 1.30. The second-order valence-electron chi connectivity index (χ2n) is 9.10. The van der Waals surface area contributed by atoms with Gasteiger partial charge in [-0.05, 0) is 43.3 Å². The number of urea groups is 1. The topological polar surface area (TPSA) is 94.4 Å². The van der Waals surface area contributed by atoms with Crippen LogP contribution in [0.5, 0.6) is 5.75 Å². The fourth-order valence-electron chi connectivity index (χ4n) is 4.63. The highest BCUT2D eigenvalue weighted by Crippen LogP contribution is 2.32. The third-order valence-electron chi connectivity index (χ3n) is 6.48. The van der Waals surface area contributed by atoms with E-state index in [-0.39, 0.29) is 17.8 Å². The Morgan fingerprint density at radius 3 is 2.33 bits per heavy atom. The number of piperazine rings is 1. The summed E-state index contributed by atoms with van der Waals surface area (Å²) in [5.41, 5.74) is 2.50. The first-order chi connectivity index (χ1) is 18.7. The summed E-state index contributed by atoms with van der Waals surface area (Å²) in [6, 6.07) is 21.7. The predicted molar refractivity (Wildman–Crippen MR) is 140 cm³/mol. The highest BCUT2D eigenvalue weighted by Gasteiger charge is 2.31. The molecule has 4 aromatic rings. The molecule has 1 aliphatic rings. The summed E-state index contributed by atoms with van der Waals surface area (Å²) >= 11 is 0. The molecule has 8 nitrogen and oxygen atoms in total.